The largest absolute Gasteiger partial charge is 0.345 e. The number of nitrogens with zero attached hydrogens (tertiary/aromatic N) is 1. The summed E-state index contributed by atoms with van der Waals surface area (Å²) in [5.74, 6) is 0.744. The van der Waals surface area contributed by atoms with Crippen molar-refractivity contribution in [3.63, 3.8) is 0 Å². The van der Waals surface area contributed by atoms with Gasteiger partial charge in [-0.05, 0) is 12.8 Å². The molecule has 1 amide bonds. The van der Waals surface area contributed by atoms with Crippen LogP contribution in [-0.4, -0.2) is 30.2 Å². The second-order valence-electron chi connectivity index (χ2n) is 4.21. The normalized spacial score (nSPS) is 29.2. The number of hydrogen-bond acceptors (Lipinski definition) is 2. The highest BCUT2D eigenvalue weighted by Gasteiger charge is 2.37. The molecule has 0 spiro atoms. The van der Waals surface area contributed by atoms with Gasteiger partial charge in [0, 0.05) is 31.8 Å². The Morgan fingerprint density at radius 2 is 2.08 bits per heavy atom. The Hall–Kier alpha value is -0.860. The van der Waals surface area contributed by atoms with Crippen LogP contribution < -0.4 is 0 Å². The van der Waals surface area contributed by atoms with E-state index in [0.29, 0.717) is 18.7 Å². The second kappa shape index (κ2) is 3.13. The van der Waals surface area contributed by atoms with Crippen LogP contribution in [-0.2, 0) is 9.59 Å². The molecular weight excluding hydrogens is 166 g/mol. The van der Waals surface area contributed by atoms with E-state index in [9.17, 15) is 9.59 Å². The van der Waals surface area contributed by atoms with E-state index in [2.05, 4.69) is 0 Å². The number of carbonyl (C=O) groups excluding carboxylic acids is 2. The highest BCUT2D eigenvalue weighted by atomic mass is 16.2. The molecule has 0 radical (unpaired) electrons. The first-order valence-corrected chi connectivity index (χ1v) is 4.96. The first kappa shape index (κ1) is 8.73. The third-order valence-electron chi connectivity index (χ3n) is 3.25. The number of hydrogen-bond donors (Lipinski definition) is 0. The van der Waals surface area contributed by atoms with Crippen molar-refractivity contribution in [2.75, 3.05) is 13.6 Å². The summed E-state index contributed by atoms with van der Waals surface area (Å²) < 4.78 is 0. The summed E-state index contributed by atoms with van der Waals surface area (Å²) in [4.78, 5) is 24.6. The van der Waals surface area contributed by atoms with Crippen molar-refractivity contribution in [2.45, 2.75) is 25.7 Å². The fourth-order valence-corrected chi connectivity index (χ4v) is 2.08. The van der Waals surface area contributed by atoms with E-state index < -0.39 is 0 Å². The molecule has 1 saturated carbocycles. The van der Waals surface area contributed by atoms with Gasteiger partial charge in [0.1, 0.15) is 5.78 Å². The predicted octanol–water partition coefficient (Wildman–Crippen LogP) is 0.834. The smallest absolute Gasteiger partial charge is 0.223 e. The van der Waals surface area contributed by atoms with E-state index in [-0.39, 0.29) is 17.7 Å². The van der Waals surface area contributed by atoms with E-state index in [1.807, 2.05) is 0 Å². The Kier molecular flexibility index (Phi) is 2.10. The number of Topliss-reactive ketones (excluding diaryl/α,β-unsaturated/α-hetero) is 1. The molecule has 0 aromatic carbocycles. The Labute approximate surface area is 78.1 Å². The lowest BCUT2D eigenvalue weighted by Crippen LogP contribution is -2.30. The fourth-order valence-electron chi connectivity index (χ4n) is 2.08. The van der Waals surface area contributed by atoms with Crippen molar-refractivity contribution in [2.24, 2.45) is 11.8 Å². The van der Waals surface area contributed by atoms with Gasteiger partial charge in [-0.3, -0.25) is 9.59 Å². The lowest BCUT2D eigenvalue weighted by atomic mass is 9.77. The third kappa shape index (κ3) is 1.47. The zero-order valence-corrected chi connectivity index (χ0v) is 7.95. The molecule has 1 saturated heterocycles. The van der Waals surface area contributed by atoms with E-state index in [4.69, 9.17) is 0 Å². The van der Waals surface area contributed by atoms with Crippen LogP contribution in [0.3, 0.4) is 0 Å². The summed E-state index contributed by atoms with van der Waals surface area (Å²) in [5.41, 5.74) is 0. The first-order chi connectivity index (χ1) is 6.18. The average Bonchev–Trinajstić information content (AvgIpc) is 2.28. The molecule has 0 bridgehead atoms. The molecule has 3 nitrogen and oxygen atoms in total. The summed E-state index contributed by atoms with van der Waals surface area (Å²) in [6.07, 6.45) is 3.74. The van der Waals surface area contributed by atoms with Gasteiger partial charge in [0.2, 0.25) is 5.91 Å². The van der Waals surface area contributed by atoms with Gasteiger partial charge in [-0.15, -0.1) is 0 Å². The van der Waals surface area contributed by atoms with Crippen LogP contribution in [0.4, 0.5) is 0 Å². The van der Waals surface area contributed by atoms with Crippen LogP contribution in [0, 0.1) is 11.8 Å². The maximum Gasteiger partial charge on any atom is 0.223 e. The van der Waals surface area contributed by atoms with Gasteiger partial charge in [-0.25, -0.2) is 0 Å². The molecule has 1 aliphatic carbocycles. The van der Waals surface area contributed by atoms with Crippen molar-refractivity contribution in [1.82, 2.24) is 4.90 Å². The SMILES string of the molecule is CN1CC(C(=O)C2CCC2)CC1=O. The summed E-state index contributed by atoms with van der Waals surface area (Å²) in [6.45, 7) is 0.647. The molecule has 1 aliphatic heterocycles. The number of ketones is 1. The number of amides is 1. The van der Waals surface area contributed by atoms with Gasteiger partial charge in [0.05, 0.1) is 0 Å². The van der Waals surface area contributed by atoms with Crippen molar-refractivity contribution in [3.8, 4) is 0 Å². The Balaban J connectivity index is 1.94. The molecule has 0 aromatic rings. The van der Waals surface area contributed by atoms with Crippen LogP contribution in [0.1, 0.15) is 25.7 Å². The maximum absolute atomic E-state index is 11.7. The molecule has 13 heavy (non-hydrogen) atoms. The molecule has 1 heterocycles. The Bertz CT molecular complexity index is 245. The predicted molar refractivity (Wildman–Crippen MR) is 48.1 cm³/mol. The van der Waals surface area contributed by atoms with Crippen molar-refractivity contribution >= 4 is 11.7 Å². The van der Waals surface area contributed by atoms with Crippen LogP contribution in [0.25, 0.3) is 0 Å². The minimum Gasteiger partial charge on any atom is -0.345 e. The Morgan fingerprint density at radius 3 is 2.46 bits per heavy atom. The minimum absolute atomic E-state index is 0.00259. The molecular formula is C10H15NO2. The summed E-state index contributed by atoms with van der Waals surface area (Å²) in [6, 6.07) is 0. The van der Waals surface area contributed by atoms with Crippen molar-refractivity contribution in [1.29, 1.82) is 0 Å². The number of carbonyl (C=O) groups is 2. The lowest BCUT2D eigenvalue weighted by Gasteiger charge is -2.26. The summed E-state index contributed by atoms with van der Waals surface area (Å²) in [7, 11) is 1.77. The summed E-state index contributed by atoms with van der Waals surface area (Å²) in [5, 5.41) is 0. The summed E-state index contributed by atoms with van der Waals surface area (Å²) >= 11 is 0. The monoisotopic (exact) mass is 181 g/mol. The van der Waals surface area contributed by atoms with Crippen LogP contribution >= 0.6 is 0 Å². The molecule has 0 N–H and O–H groups in total. The number of likely N-dealkylation sites (tertiary alicyclic amines) is 1. The minimum atomic E-state index is 0.00259. The molecule has 1 atom stereocenters. The molecule has 2 aliphatic rings. The molecule has 2 fully saturated rings. The van der Waals surface area contributed by atoms with Crippen LogP contribution in [0.2, 0.25) is 0 Å². The van der Waals surface area contributed by atoms with E-state index >= 15 is 0 Å². The molecule has 1 unspecified atom stereocenters. The zero-order valence-electron chi connectivity index (χ0n) is 7.95. The average molecular weight is 181 g/mol. The lowest BCUT2D eigenvalue weighted by molar-refractivity contribution is -0.130. The quantitative estimate of drug-likeness (QED) is 0.633. The molecule has 2 rings (SSSR count). The standard InChI is InChI=1S/C10H15NO2/c1-11-6-8(5-9(11)12)10(13)7-3-2-4-7/h7-8H,2-6H2,1H3. The molecule has 0 aromatic heterocycles. The van der Waals surface area contributed by atoms with Crippen LogP contribution in [0.15, 0.2) is 0 Å². The van der Waals surface area contributed by atoms with Crippen molar-refractivity contribution in [3.05, 3.63) is 0 Å². The fraction of sp³-hybridized carbons (Fsp3) is 0.800. The van der Waals surface area contributed by atoms with Gasteiger partial charge in [-0.1, -0.05) is 6.42 Å². The highest BCUT2D eigenvalue weighted by molar-refractivity contribution is 5.91. The van der Waals surface area contributed by atoms with E-state index in [1.54, 1.807) is 11.9 Å². The molecule has 3 heteroatoms. The Morgan fingerprint density at radius 1 is 1.38 bits per heavy atom. The van der Waals surface area contributed by atoms with Crippen molar-refractivity contribution < 1.29 is 9.59 Å². The van der Waals surface area contributed by atoms with Gasteiger partial charge >= 0.3 is 0 Å². The topological polar surface area (TPSA) is 37.4 Å². The van der Waals surface area contributed by atoms with E-state index in [1.165, 1.54) is 6.42 Å². The maximum atomic E-state index is 11.7. The van der Waals surface area contributed by atoms with Crippen LogP contribution in [0.5, 0.6) is 0 Å². The second-order valence-corrected chi connectivity index (χ2v) is 4.21. The first-order valence-electron chi connectivity index (χ1n) is 4.96. The van der Waals surface area contributed by atoms with E-state index in [0.717, 1.165) is 12.8 Å². The van der Waals surface area contributed by atoms with Gasteiger partial charge in [0.15, 0.2) is 0 Å². The van der Waals surface area contributed by atoms with Gasteiger partial charge in [0.25, 0.3) is 0 Å². The number of rotatable bonds is 2. The molecule has 72 valence electrons. The van der Waals surface area contributed by atoms with Gasteiger partial charge < -0.3 is 4.90 Å². The zero-order chi connectivity index (χ0) is 9.42. The third-order valence-corrected chi connectivity index (χ3v) is 3.25. The highest BCUT2D eigenvalue weighted by Crippen LogP contribution is 2.32. The van der Waals surface area contributed by atoms with Gasteiger partial charge in [-0.2, -0.15) is 0 Å².